The van der Waals surface area contributed by atoms with Gasteiger partial charge in [0.05, 0.1) is 12.3 Å². The number of fused-ring (bicyclic) bond motifs is 1. The Kier molecular flexibility index (Phi) is 3.54. The highest BCUT2D eigenvalue weighted by atomic mass is 16.5. The van der Waals surface area contributed by atoms with Crippen molar-refractivity contribution >= 4 is 0 Å². The van der Waals surface area contributed by atoms with E-state index in [-0.39, 0.29) is 6.10 Å². The monoisotopic (exact) mass is 248 g/mol. The molecule has 1 saturated heterocycles. The molecule has 3 heterocycles. The minimum atomic E-state index is 0.0381. The predicted molar refractivity (Wildman–Crippen MR) is 68.0 cm³/mol. The molecule has 18 heavy (non-hydrogen) atoms. The van der Waals surface area contributed by atoms with Crippen LogP contribution >= 0.6 is 0 Å². The molecule has 5 heteroatoms. The molecule has 5 nitrogen and oxygen atoms in total. The molecule has 2 aliphatic rings. The Morgan fingerprint density at radius 1 is 1.50 bits per heavy atom. The summed E-state index contributed by atoms with van der Waals surface area (Å²) in [6, 6.07) is 0. The molecule has 0 bridgehead atoms. The summed E-state index contributed by atoms with van der Waals surface area (Å²) in [5.74, 6) is 0.846. The molecule has 98 valence electrons. The van der Waals surface area contributed by atoms with Crippen LogP contribution in [-0.4, -0.2) is 41.1 Å². The third-order valence-electron chi connectivity index (χ3n) is 3.56. The predicted octanol–water partition coefficient (Wildman–Crippen LogP) is 0.863. The molecule has 3 rings (SSSR count). The normalized spacial score (nSPS) is 24.2. The number of nitrogens with one attached hydrogen (secondary N) is 1. The van der Waals surface area contributed by atoms with Gasteiger partial charge in [-0.2, -0.15) is 0 Å². The first kappa shape index (κ1) is 12.0. The molecular formula is C13H20N4O. The third-order valence-corrected chi connectivity index (χ3v) is 3.56. The van der Waals surface area contributed by atoms with E-state index in [1.165, 1.54) is 12.0 Å². The van der Waals surface area contributed by atoms with Crippen molar-refractivity contribution in [2.24, 2.45) is 0 Å². The second-order valence-corrected chi connectivity index (χ2v) is 4.96. The molecule has 2 aliphatic heterocycles. The van der Waals surface area contributed by atoms with Crippen LogP contribution in [0.4, 0.5) is 0 Å². The van der Waals surface area contributed by atoms with E-state index in [2.05, 4.69) is 27.1 Å². The lowest BCUT2D eigenvalue weighted by Crippen LogP contribution is -2.39. The maximum absolute atomic E-state index is 5.81. The van der Waals surface area contributed by atoms with E-state index < -0.39 is 0 Å². The summed E-state index contributed by atoms with van der Waals surface area (Å²) in [5.41, 5.74) is 2.36. The zero-order chi connectivity index (χ0) is 12.4. The molecule has 0 spiro atoms. The van der Waals surface area contributed by atoms with Crippen molar-refractivity contribution in [2.75, 3.05) is 26.2 Å². The van der Waals surface area contributed by atoms with Gasteiger partial charge in [-0.3, -0.25) is 4.90 Å². The third kappa shape index (κ3) is 2.39. The van der Waals surface area contributed by atoms with Gasteiger partial charge in [0.2, 0.25) is 0 Å². The van der Waals surface area contributed by atoms with Gasteiger partial charge in [-0.05, 0) is 13.0 Å². The zero-order valence-electron chi connectivity index (χ0n) is 10.9. The van der Waals surface area contributed by atoms with Gasteiger partial charge in [0.1, 0.15) is 6.10 Å². The van der Waals surface area contributed by atoms with Crippen molar-refractivity contribution in [2.45, 2.75) is 32.5 Å². The Balaban J connectivity index is 1.73. The molecule has 1 aromatic heterocycles. The van der Waals surface area contributed by atoms with Crippen LogP contribution < -0.4 is 5.32 Å². The summed E-state index contributed by atoms with van der Waals surface area (Å²) in [7, 11) is 0. The van der Waals surface area contributed by atoms with Crippen LogP contribution in [-0.2, 0) is 17.8 Å². The number of ether oxygens (including phenoxy) is 1. The van der Waals surface area contributed by atoms with Crippen LogP contribution in [0.2, 0.25) is 0 Å². The smallest absolute Gasteiger partial charge is 0.158 e. The topological polar surface area (TPSA) is 50.3 Å². The van der Waals surface area contributed by atoms with Gasteiger partial charge in [0, 0.05) is 37.9 Å². The molecule has 1 fully saturated rings. The van der Waals surface area contributed by atoms with Gasteiger partial charge in [-0.15, -0.1) is 0 Å². The largest absolute Gasteiger partial charge is 0.368 e. The first-order valence-electron chi connectivity index (χ1n) is 6.76. The molecule has 0 radical (unpaired) electrons. The number of morpholine rings is 1. The second kappa shape index (κ2) is 5.30. The quantitative estimate of drug-likeness (QED) is 0.860. The van der Waals surface area contributed by atoms with E-state index in [0.29, 0.717) is 0 Å². The van der Waals surface area contributed by atoms with Crippen molar-refractivity contribution in [3.05, 3.63) is 23.3 Å². The van der Waals surface area contributed by atoms with Gasteiger partial charge >= 0.3 is 0 Å². The summed E-state index contributed by atoms with van der Waals surface area (Å²) in [6.45, 7) is 7.81. The summed E-state index contributed by atoms with van der Waals surface area (Å²) in [4.78, 5) is 11.5. The maximum Gasteiger partial charge on any atom is 0.158 e. The molecule has 0 saturated carbocycles. The summed E-state index contributed by atoms with van der Waals surface area (Å²) >= 11 is 0. The van der Waals surface area contributed by atoms with Crippen LogP contribution in [0.15, 0.2) is 6.20 Å². The number of hydrogen-bond donors (Lipinski definition) is 1. The van der Waals surface area contributed by atoms with E-state index in [1.807, 2.05) is 6.20 Å². The Bertz CT molecular complexity index is 421. The van der Waals surface area contributed by atoms with Crippen LogP contribution in [0.5, 0.6) is 0 Å². The Hall–Kier alpha value is -1.04. The van der Waals surface area contributed by atoms with E-state index in [0.717, 1.165) is 50.8 Å². The average molecular weight is 248 g/mol. The lowest BCUT2D eigenvalue weighted by atomic mass is 10.2. The van der Waals surface area contributed by atoms with Gasteiger partial charge < -0.3 is 10.1 Å². The number of aromatic nitrogens is 2. The molecular weight excluding hydrogens is 228 g/mol. The zero-order valence-corrected chi connectivity index (χ0v) is 10.9. The van der Waals surface area contributed by atoms with Gasteiger partial charge in [-0.25, -0.2) is 9.97 Å². The van der Waals surface area contributed by atoms with Gasteiger partial charge in [-0.1, -0.05) is 6.92 Å². The highest BCUT2D eigenvalue weighted by Gasteiger charge is 2.25. The molecule has 0 aliphatic carbocycles. The average Bonchev–Trinajstić information content (AvgIpc) is 2.86. The van der Waals surface area contributed by atoms with Crippen LogP contribution in [0.1, 0.15) is 36.5 Å². The standard InChI is InChI=1S/C13H20N4O/c1-2-3-17-4-5-18-12(9-17)13-15-7-10-6-14-8-11(10)16-13/h7,12,14H,2-6,8-9H2,1H3. The fourth-order valence-electron chi connectivity index (χ4n) is 2.61. The Morgan fingerprint density at radius 3 is 3.33 bits per heavy atom. The van der Waals surface area contributed by atoms with Crippen molar-refractivity contribution < 1.29 is 4.74 Å². The Labute approximate surface area is 108 Å². The van der Waals surface area contributed by atoms with Crippen molar-refractivity contribution in [1.82, 2.24) is 20.2 Å². The minimum Gasteiger partial charge on any atom is -0.368 e. The number of rotatable bonds is 3. The fourth-order valence-corrected chi connectivity index (χ4v) is 2.61. The van der Waals surface area contributed by atoms with Crippen LogP contribution in [0.25, 0.3) is 0 Å². The molecule has 1 aromatic rings. The highest BCUT2D eigenvalue weighted by Crippen LogP contribution is 2.21. The van der Waals surface area contributed by atoms with E-state index in [1.54, 1.807) is 0 Å². The molecule has 1 atom stereocenters. The van der Waals surface area contributed by atoms with Crippen molar-refractivity contribution in [1.29, 1.82) is 0 Å². The molecule has 1 unspecified atom stereocenters. The highest BCUT2D eigenvalue weighted by molar-refractivity contribution is 5.21. The fraction of sp³-hybridized carbons (Fsp3) is 0.692. The van der Waals surface area contributed by atoms with Crippen molar-refractivity contribution in [3.63, 3.8) is 0 Å². The lowest BCUT2D eigenvalue weighted by molar-refractivity contribution is -0.0343. The van der Waals surface area contributed by atoms with E-state index in [9.17, 15) is 0 Å². The van der Waals surface area contributed by atoms with Crippen LogP contribution in [0, 0.1) is 0 Å². The van der Waals surface area contributed by atoms with Crippen molar-refractivity contribution in [3.8, 4) is 0 Å². The molecule has 0 aromatic carbocycles. The molecule has 1 N–H and O–H groups in total. The SMILES string of the molecule is CCCN1CCOC(c2ncc3c(n2)CNC3)C1. The van der Waals surface area contributed by atoms with Gasteiger partial charge in [0.15, 0.2) is 5.82 Å². The number of nitrogens with zero attached hydrogens (tertiary/aromatic N) is 3. The lowest BCUT2D eigenvalue weighted by Gasteiger charge is -2.31. The van der Waals surface area contributed by atoms with Gasteiger partial charge in [0.25, 0.3) is 0 Å². The van der Waals surface area contributed by atoms with Crippen LogP contribution in [0.3, 0.4) is 0 Å². The summed E-state index contributed by atoms with van der Waals surface area (Å²) < 4.78 is 5.81. The minimum absolute atomic E-state index is 0.0381. The Morgan fingerprint density at radius 2 is 2.44 bits per heavy atom. The van der Waals surface area contributed by atoms with E-state index >= 15 is 0 Å². The summed E-state index contributed by atoms with van der Waals surface area (Å²) in [5, 5.41) is 3.29. The second-order valence-electron chi connectivity index (χ2n) is 4.96. The number of hydrogen-bond acceptors (Lipinski definition) is 5. The first-order valence-corrected chi connectivity index (χ1v) is 6.76. The van der Waals surface area contributed by atoms with E-state index in [4.69, 9.17) is 4.74 Å². The first-order chi connectivity index (χ1) is 8.86. The maximum atomic E-state index is 5.81. The molecule has 0 amide bonds. The summed E-state index contributed by atoms with van der Waals surface area (Å²) in [6.07, 6.45) is 3.16.